The zero-order valence-electron chi connectivity index (χ0n) is 5.99. The number of nitrogens with zero attached hydrogens (tertiary/aromatic N) is 2. The lowest BCUT2D eigenvalue weighted by molar-refractivity contribution is 1.22. The predicted octanol–water partition coefficient (Wildman–Crippen LogP) is 1.81. The second-order valence-electron chi connectivity index (χ2n) is 2.42. The summed E-state index contributed by atoms with van der Waals surface area (Å²) in [6.45, 7) is 3.82. The highest BCUT2D eigenvalue weighted by Gasteiger charge is 1.91. The summed E-state index contributed by atoms with van der Waals surface area (Å²) < 4.78 is 0. The van der Waals surface area contributed by atoms with Crippen LogP contribution in [0.3, 0.4) is 0 Å². The van der Waals surface area contributed by atoms with Crippen LogP contribution in [0.15, 0.2) is 30.7 Å². The third-order valence-electron chi connectivity index (χ3n) is 1.57. The van der Waals surface area contributed by atoms with Gasteiger partial charge in [0.2, 0.25) is 0 Å². The lowest BCUT2D eigenvalue weighted by Crippen LogP contribution is -1.80. The van der Waals surface area contributed by atoms with Crippen LogP contribution >= 0.6 is 0 Å². The monoisotopic (exact) mass is 143 g/mol. The molecule has 0 N–H and O–H groups in total. The van der Waals surface area contributed by atoms with Crippen molar-refractivity contribution < 1.29 is 0 Å². The van der Waals surface area contributed by atoms with Gasteiger partial charge in [-0.2, -0.15) is 0 Å². The number of aromatic nitrogens is 2. The van der Waals surface area contributed by atoms with E-state index in [1.165, 1.54) is 0 Å². The first-order valence-corrected chi connectivity index (χ1v) is 3.38. The second-order valence-corrected chi connectivity index (χ2v) is 2.42. The molecule has 2 rings (SSSR count). The van der Waals surface area contributed by atoms with E-state index < -0.39 is 0 Å². The summed E-state index contributed by atoms with van der Waals surface area (Å²) in [4.78, 5) is 8.00. The predicted molar refractivity (Wildman–Crippen MR) is 44.0 cm³/mol. The molecule has 2 aromatic rings. The van der Waals surface area contributed by atoms with Gasteiger partial charge in [-0.05, 0) is 24.6 Å². The van der Waals surface area contributed by atoms with E-state index in [0.29, 0.717) is 0 Å². The van der Waals surface area contributed by atoms with E-state index in [9.17, 15) is 0 Å². The molecule has 0 unspecified atom stereocenters. The first-order valence-electron chi connectivity index (χ1n) is 3.38. The summed E-state index contributed by atoms with van der Waals surface area (Å²) in [5, 5.41) is 1.04. The third kappa shape index (κ3) is 1.07. The largest absolute Gasteiger partial charge is 0.244 e. The van der Waals surface area contributed by atoms with Gasteiger partial charge in [-0.1, -0.05) is 6.07 Å². The Labute approximate surface area is 64.9 Å². The van der Waals surface area contributed by atoms with Crippen LogP contribution in [0.5, 0.6) is 0 Å². The quantitative estimate of drug-likeness (QED) is 0.562. The highest BCUT2D eigenvalue weighted by molar-refractivity contribution is 5.78. The zero-order chi connectivity index (χ0) is 7.68. The molecule has 53 valence electrons. The zero-order valence-corrected chi connectivity index (χ0v) is 5.99. The maximum absolute atomic E-state index is 4.08. The topological polar surface area (TPSA) is 25.8 Å². The number of benzene rings is 1. The van der Waals surface area contributed by atoms with Crippen molar-refractivity contribution in [3.63, 3.8) is 0 Å². The Morgan fingerprint density at radius 3 is 3.09 bits per heavy atom. The average molecular weight is 143 g/mol. The lowest BCUT2D eigenvalue weighted by Gasteiger charge is -1.95. The minimum absolute atomic E-state index is 0.965. The molecule has 2 heteroatoms. The van der Waals surface area contributed by atoms with Crippen LogP contribution in [0.2, 0.25) is 0 Å². The van der Waals surface area contributed by atoms with Gasteiger partial charge in [0, 0.05) is 11.6 Å². The van der Waals surface area contributed by atoms with Gasteiger partial charge in [0.25, 0.3) is 0 Å². The first kappa shape index (κ1) is 6.28. The van der Waals surface area contributed by atoms with Gasteiger partial charge in [-0.15, -0.1) is 0 Å². The third-order valence-corrected chi connectivity index (χ3v) is 1.57. The van der Waals surface area contributed by atoms with Gasteiger partial charge in [0.05, 0.1) is 5.52 Å². The summed E-state index contributed by atoms with van der Waals surface area (Å²) in [6, 6.07) is 5.85. The van der Waals surface area contributed by atoms with Crippen LogP contribution in [0.1, 0.15) is 5.56 Å². The van der Waals surface area contributed by atoms with Crippen molar-refractivity contribution in [2.75, 3.05) is 0 Å². The normalized spacial score (nSPS) is 10.3. The summed E-state index contributed by atoms with van der Waals surface area (Å²) in [6.07, 6.45) is 3.34. The van der Waals surface area contributed by atoms with Gasteiger partial charge >= 0.3 is 0 Å². The van der Waals surface area contributed by atoms with E-state index in [-0.39, 0.29) is 0 Å². The van der Waals surface area contributed by atoms with Crippen molar-refractivity contribution in [2.45, 2.75) is 0 Å². The maximum atomic E-state index is 4.08. The lowest BCUT2D eigenvalue weighted by atomic mass is 10.2. The molecule has 0 fully saturated rings. The second kappa shape index (κ2) is 2.31. The Hall–Kier alpha value is -1.44. The first-order chi connectivity index (χ1) is 5.36. The highest BCUT2D eigenvalue weighted by Crippen LogP contribution is 2.10. The molecule has 11 heavy (non-hydrogen) atoms. The number of hydrogen-bond acceptors (Lipinski definition) is 2. The van der Waals surface area contributed by atoms with Crippen molar-refractivity contribution in [1.29, 1.82) is 0 Å². The van der Waals surface area contributed by atoms with Gasteiger partial charge < -0.3 is 0 Å². The summed E-state index contributed by atoms with van der Waals surface area (Å²) in [5.74, 6) is 0. The average Bonchev–Trinajstić information content (AvgIpc) is 2.04. The Kier molecular flexibility index (Phi) is 1.32. The molecule has 1 heterocycles. The highest BCUT2D eigenvalue weighted by atomic mass is 14.8. The minimum Gasteiger partial charge on any atom is -0.244 e. The molecule has 0 aliphatic rings. The number of fused-ring (bicyclic) bond motifs is 1. The molecular formula is C9H7N2. The van der Waals surface area contributed by atoms with Gasteiger partial charge in [-0.3, -0.25) is 0 Å². The van der Waals surface area contributed by atoms with Crippen molar-refractivity contribution in [3.05, 3.63) is 43.2 Å². The Balaban J connectivity index is 2.83. The molecule has 0 saturated heterocycles. The van der Waals surface area contributed by atoms with E-state index in [4.69, 9.17) is 0 Å². The van der Waals surface area contributed by atoms with Crippen molar-refractivity contribution in [1.82, 2.24) is 9.97 Å². The van der Waals surface area contributed by atoms with Gasteiger partial charge in [0.15, 0.2) is 0 Å². The molecule has 0 amide bonds. The minimum atomic E-state index is 0.965. The molecule has 0 atom stereocenters. The summed E-state index contributed by atoms with van der Waals surface area (Å²) in [7, 11) is 0. The number of hydrogen-bond donors (Lipinski definition) is 0. The van der Waals surface area contributed by atoms with E-state index in [1.54, 1.807) is 12.5 Å². The van der Waals surface area contributed by atoms with Crippen LogP contribution < -0.4 is 0 Å². The van der Waals surface area contributed by atoms with Gasteiger partial charge in [-0.25, -0.2) is 9.97 Å². The molecule has 1 aromatic heterocycles. The van der Waals surface area contributed by atoms with Crippen molar-refractivity contribution in [3.8, 4) is 0 Å². The molecule has 1 aromatic carbocycles. The molecule has 1 radical (unpaired) electrons. The molecule has 0 aliphatic heterocycles. The van der Waals surface area contributed by atoms with Crippen LogP contribution in [-0.4, -0.2) is 9.97 Å². The van der Waals surface area contributed by atoms with Crippen molar-refractivity contribution >= 4 is 10.9 Å². The fourth-order valence-electron chi connectivity index (χ4n) is 1.03. The molecule has 2 nitrogen and oxygen atoms in total. The fourth-order valence-corrected chi connectivity index (χ4v) is 1.03. The summed E-state index contributed by atoms with van der Waals surface area (Å²) >= 11 is 0. The molecule has 0 aliphatic carbocycles. The molecule has 0 saturated carbocycles. The van der Waals surface area contributed by atoms with Crippen molar-refractivity contribution in [2.24, 2.45) is 0 Å². The fraction of sp³-hybridized carbons (Fsp3) is 0. The van der Waals surface area contributed by atoms with Gasteiger partial charge in [0.1, 0.15) is 6.33 Å². The summed E-state index contributed by atoms with van der Waals surface area (Å²) in [5.41, 5.74) is 1.96. The van der Waals surface area contributed by atoms with E-state index in [0.717, 1.165) is 16.5 Å². The van der Waals surface area contributed by atoms with Crippen LogP contribution in [-0.2, 0) is 0 Å². The molecule has 0 bridgehead atoms. The molecule has 0 spiro atoms. The Morgan fingerprint density at radius 2 is 2.18 bits per heavy atom. The standard InChI is InChI=1S/C9H7N2/c1-7-2-3-9-8(4-7)5-10-6-11-9/h2-6H,1H2. The molecular weight excluding hydrogens is 136 g/mol. The Bertz CT molecular complexity index is 382. The smallest absolute Gasteiger partial charge is 0.116 e. The SMILES string of the molecule is [CH2]c1ccc2ncncc2c1. The Morgan fingerprint density at radius 1 is 1.27 bits per heavy atom. The van der Waals surface area contributed by atoms with E-state index in [1.807, 2.05) is 18.2 Å². The van der Waals surface area contributed by atoms with Crippen LogP contribution in [0.25, 0.3) is 10.9 Å². The van der Waals surface area contributed by atoms with E-state index >= 15 is 0 Å². The van der Waals surface area contributed by atoms with Crippen LogP contribution in [0, 0.1) is 6.92 Å². The van der Waals surface area contributed by atoms with E-state index in [2.05, 4.69) is 16.9 Å². The number of rotatable bonds is 0. The maximum Gasteiger partial charge on any atom is 0.116 e. The van der Waals surface area contributed by atoms with Crippen LogP contribution in [0.4, 0.5) is 0 Å².